The first-order valence-electron chi connectivity index (χ1n) is 6.35. The van der Waals surface area contributed by atoms with E-state index in [1.54, 1.807) is 25.6 Å². The fraction of sp³-hybridized carbons (Fsp3) is 0.750. The van der Waals surface area contributed by atoms with E-state index in [1.165, 1.54) is 0 Å². The second-order valence-corrected chi connectivity index (χ2v) is 5.76. The Morgan fingerprint density at radius 1 is 1.30 bits per heavy atom. The van der Waals surface area contributed by atoms with Gasteiger partial charge in [0.15, 0.2) is 0 Å². The molecule has 0 bridgehead atoms. The van der Waals surface area contributed by atoms with Gasteiger partial charge in [0.2, 0.25) is 5.91 Å². The normalized spacial score (nSPS) is 13.6. The molecule has 5 N–H and O–H groups in total. The zero-order chi connectivity index (χ0) is 15.7. The topological polar surface area (TPSA) is 122 Å². The van der Waals surface area contributed by atoms with Crippen molar-refractivity contribution in [1.82, 2.24) is 10.6 Å². The van der Waals surface area contributed by atoms with Gasteiger partial charge in [0.1, 0.15) is 6.04 Å². The fourth-order valence-electron chi connectivity index (χ4n) is 1.62. The van der Waals surface area contributed by atoms with E-state index >= 15 is 0 Å². The van der Waals surface area contributed by atoms with Crippen molar-refractivity contribution in [3.05, 3.63) is 0 Å². The summed E-state index contributed by atoms with van der Waals surface area (Å²) in [6, 6.07) is -1.51. The van der Waals surface area contributed by atoms with Crippen molar-refractivity contribution < 1.29 is 19.5 Å². The minimum absolute atomic E-state index is 0.0298. The summed E-state index contributed by atoms with van der Waals surface area (Å²) in [7, 11) is 0. The highest BCUT2D eigenvalue weighted by atomic mass is 32.2. The number of carbonyl (C=O) groups excluding carboxylic acids is 2. The molecule has 20 heavy (non-hydrogen) atoms. The van der Waals surface area contributed by atoms with Crippen LogP contribution in [0.1, 0.15) is 20.3 Å². The number of amides is 3. The van der Waals surface area contributed by atoms with E-state index in [1.807, 2.05) is 6.26 Å². The molecule has 0 aliphatic rings. The summed E-state index contributed by atoms with van der Waals surface area (Å²) in [5, 5.41) is 14.0. The van der Waals surface area contributed by atoms with Crippen molar-refractivity contribution >= 4 is 29.7 Å². The largest absolute Gasteiger partial charge is 0.481 e. The molecule has 0 aliphatic carbocycles. The van der Waals surface area contributed by atoms with Gasteiger partial charge in [-0.05, 0) is 24.3 Å². The van der Waals surface area contributed by atoms with Crippen molar-refractivity contribution in [3.8, 4) is 0 Å². The molecular weight excluding hydrogens is 282 g/mol. The quantitative estimate of drug-likeness (QED) is 0.486. The Hall–Kier alpha value is -1.44. The highest BCUT2D eigenvalue weighted by molar-refractivity contribution is 7.98. The third-order valence-electron chi connectivity index (χ3n) is 2.86. The number of hydrogen-bond acceptors (Lipinski definition) is 4. The summed E-state index contributed by atoms with van der Waals surface area (Å²) in [4.78, 5) is 33.8. The van der Waals surface area contributed by atoms with E-state index in [9.17, 15) is 14.4 Å². The Morgan fingerprint density at radius 3 is 2.30 bits per heavy atom. The lowest BCUT2D eigenvalue weighted by atomic mass is 9.96. The number of carboxylic acid groups (broad SMARTS) is 1. The van der Waals surface area contributed by atoms with Crippen LogP contribution in [-0.4, -0.2) is 47.6 Å². The molecule has 116 valence electrons. The van der Waals surface area contributed by atoms with Crippen LogP contribution in [0.4, 0.5) is 4.79 Å². The molecule has 0 saturated heterocycles. The molecule has 8 heteroatoms. The molecule has 3 amide bonds. The van der Waals surface area contributed by atoms with Gasteiger partial charge in [-0.1, -0.05) is 13.8 Å². The predicted octanol–water partition coefficient (Wildman–Crippen LogP) is 0.249. The van der Waals surface area contributed by atoms with Gasteiger partial charge >= 0.3 is 12.0 Å². The molecule has 0 heterocycles. The highest BCUT2D eigenvalue weighted by Crippen LogP contribution is 2.10. The van der Waals surface area contributed by atoms with Gasteiger partial charge < -0.3 is 21.5 Å². The summed E-state index contributed by atoms with van der Waals surface area (Å²) >= 11 is 1.54. The third kappa shape index (κ3) is 7.22. The van der Waals surface area contributed by atoms with Crippen molar-refractivity contribution in [2.75, 3.05) is 18.6 Å². The molecule has 2 atom stereocenters. The van der Waals surface area contributed by atoms with Crippen molar-refractivity contribution in [2.24, 2.45) is 17.6 Å². The molecule has 0 aliphatic heterocycles. The van der Waals surface area contributed by atoms with Gasteiger partial charge in [-0.2, -0.15) is 11.8 Å². The van der Waals surface area contributed by atoms with Gasteiger partial charge in [0, 0.05) is 6.54 Å². The first-order valence-corrected chi connectivity index (χ1v) is 7.74. The predicted molar refractivity (Wildman–Crippen MR) is 78.5 cm³/mol. The summed E-state index contributed by atoms with van der Waals surface area (Å²) in [5.41, 5.74) is 5.02. The van der Waals surface area contributed by atoms with E-state index < -0.39 is 29.9 Å². The van der Waals surface area contributed by atoms with E-state index in [-0.39, 0.29) is 12.5 Å². The molecule has 0 aromatic heterocycles. The van der Waals surface area contributed by atoms with Gasteiger partial charge in [0.05, 0.1) is 5.92 Å². The van der Waals surface area contributed by atoms with Crippen LogP contribution >= 0.6 is 11.8 Å². The van der Waals surface area contributed by atoms with E-state index in [4.69, 9.17) is 10.8 Å². The van der Waals surface area contributed by atoms with Crippen LogP contribution in [0, 0.1) is 11.8 Å². The maximum absolute atomic E-state index is 12.0. The number of nitrogens with one attached hydrogen (secondary N) is 2. The monoisotopic (exact) mass is 305 g/mol. The Kier molecular flexibility index (Phi) is 8.78. The number of primary amides is 1. The smallest absolute Gasteiger partial charge is 0.312 e. The van der Waals surface area contributed by atoms with Crippen LogP contribution in [0.25, 0.3) is 0 Å². The molecular formula is C12H23N3O4S. The number of hydrogen-bond donors (Lipinski definition) is 4. The zero-order valence-corrected chi connectivity index (χ0v) is 12.8. The van der Waals surface area contributed by atoms with Crippen molar-refractivity contribution in [2.45, 2.75) is 26.3 Å². The number of urea groups is 1. The van der Waals surface area contributed by atoms with Crippen LogP contribution in [0.3, 0.4) is 0 Å². The minimum atomic E-state index is -0.955. The molecule has 7 nitrogen and oxygen atoms in total. The van der Waals surface area contributed by atoms with Gasteiger partial charge in [-0.15, -0.1) is 0 Å². The van der Waals surface area contributed by atoms with Crippen LogP contribution in [0.2, 0.25) is 0 Å². The third-order valence-corrected chi connectivity index (χ3v) is 3.51. The Labute approximate surface area is 123 Å². The molecule has 2 unspecified atom stereocenters. The van der Waals surface area contributed by atoms with Crippen LogP contribution in [0.15, 0.2) is 0 Å². The number of aliphatic carboxylic acids is 1. The average molecular weight is 305 g/mol. The zero-order valence-electron chi connectivity index (χ0n) is 12.0. The van der Waals surface area contributed by atoms with E-state index in [2.05, 4.69) is 10.6 Å². The van der Waals surface area contributed by atoms with E-state index in [0.29, 0.717) is 12.2 Å². The highest BCUT2D eigenvalue weighted by Gasteiger charge is 2.25. The van der Waals surface area contributed by atoms with Crippen molar-refractivity contribution in [3.63, 3.8) is 0 Å². The Bertz CT molecular complexity index is 350. The lowest BCUT2D eigenvalue weighted by Crippen LogP contribution is -2.50. The Morgan fingerprint density at radius 2 is 1.90 bits per heavy atom. The maximum atomic E-state index is 12.0. The van der Waals surface area contributed by atoms with Gasteiger partial charge in [0.25, 0.3) is 0 Å². The number of carboxylic acids is 1. The van der Waals surface area contributed by atoms with Crippen LogP contribution in [0.5, 0.6) is 0 Å². The lowest BCUT2D eigenvalue weighted by Gasteiger charge is -2.20. The summed E-state index contributed by atoms with van der Waals surface area (Å²) < 4.78 is 0. The van der Waals surface area contributed by atoms with Gasteiger partial charge in [-0.25, -0.2) is 4.79 Å². The minimum Gasteiger partial charge on any atom is -0.481 e. The molecule has 0 saturated carbocycles. The van der Waals surface area contributed by atoms with Crippen molar-refractivity contribution in [1.29, 1.82) is 0 Å². The SMILES string of the molecule is CSCCC(NC(N)=O)C(=O)NCC(C(=O)O)C(C)C. The second kappa shape index (κ2) is 9.46. The molecule has 0 rings (SSSR count). The van der Waals surface area contributed by atoms with Crippen LogP contribution in [-0.2, 0) is 9.59 Å². The molecule has 0 spiro atoms. The van der Waals surface area contributed by atoms with Crippen LogP contribution < -0.4 is 16.4 Å². The number of rotatable bonds is 9. The Balaban J connectivity index is 4.50. The molecule has 0 fully saturated rings. The van der Waals surface area contributed by atoms with E-state index in [0.717, 1.165) is 0 Å². The summed E-state index contributed by atoms with van der Waals surface area (Å²) in [5.74, 6) is -1.44. The summed E-state index contributed by atoms with van der Waals surface area (Å²) in [6.45, 7) is 3.58. The second-order valence-electron chi connectivity index (χ2n) is 4.78. The summed E-state index contributed by atoms with van der Waals surface area (Å²) in [6.07, 6.45) is 2.33. The number of thioether (sulfide) groups is 1. The average Bonchev–Trinajstić information content (AvgIpc) is 2.33. The standard InChI is InChI=1S/C12H23N3O4S/c1-7(2)8(11(17)18)6-14-10(16)9(4-5-20-3)15-12(13)19/h7-9H,4-6H2,1-3H3,(H,14,16)(H,17,18)(H3,13,15,19). The molecule has 0 radical (unpaired) electrons. The number of nitrogens with two attached hydrogens (primary N) is 1. The van der Waals surface area contributed by atoms with Gasteiger partial charge in [-0.3, -0.25) is 9.59 Å². The fourth-order valence-corrected chi connectivity index (χ4v) is 2.09. The first kappa shape index (κ1) is 18.6. The number of carbonyl (C=O) groups is 3. The first-order chi connectivity index (χ1) is 9.29. The lowest BCUT2D eigenvalue weighted by molar-refractivity contribution is -0.143. The molecule has 0 aromatic carbocycles. The molecule has 0 aromatic rings. The maximum Gasteiger partial charge on any atom is 0.312 e.